The van der Waals surface area contributed by atoms with Gasteiger partial charge in [0.1, 0.15) is 37.0 Å². The van der Waals surface area contributed by atoms with Crippen LogP contribution in [0, 0.1) is 5.82 Å². The largest absolute Gasteiger partial charge is 0.461 e. The molecule has 0 bridgehead atoms. The Morgan fingerprint density at radius 2 is 1.71 bits per heavy atom. The van der Waals surface area contributed by atoms with E-state index in [-0.39, 0.29) is 11.7 Å². The maximum Gasteiger partial charge on any atom is 0.220 e. The van der Waals surface area contributed by atoms with E-state index in [0.717, 1.165) is 38.4 Å². The molecular formula is C25H28FN2O3+. The Bertz CT molecular complexity index is 1010. The van der Waals surface area contributed by atoms with E-state index < -0.39 is 0 Å². The second-order valence-corrected chi connectivity index (χ2v) is 7.83. The molecule has 2 heterocycles. The molecule has 0 unspecified atom stereocenters. The minimum atomic E-state index is -0.321. The second kappa shape index (κ2) is 10.4. The van der Waals surface area contributed by atoms with Crippen LogP contribution >= 0.6 is 0 Å². The van der Waals surface area contributed by atoms with Gasteiger partial charge < -0.3 is 19.4 Å². The van der Waals surface area contributed by atoms with Gasteiger partial charge in [0.25, 0.3) is 0 Å². The molecule has 1 amide bonds. The number of halogens is 1. The van der Waals surface area contributed by atoms with Crippen LogP contribution in [0.5, 0.6) is 0 Å². The van der Waals surface area contributed by atoms with Crippen LogP contribution in [0.2, 0.25) is 0 Å². The van der Waals surface area contributed by atoms with Gasteiger partial charge in [-0.25, -0.2) is 4.39 Å². The first-order valence-electron chi connectivity index (χ1n) is 10.8. The Labute approximate surface area is 181 Å². The third-order valence-corrected chi connectivity index (χ3v) is 5.63. The summed E-state index contributed by atoms with van der Waals surface area (Å²) in [4.78, 5) is 13.9. The van der Waals surface area contributed by atoms with Crippen LogP contribution in [-0.2, 0) is 29.0 Å². The Morgan fingerprint density at radius 3 is 2.52 bits per heavy atom. The van der Waals surface area contributed by atoms with Crippen molar-refractivity contribution in [3.63, 3.8) is 0 Å². The molecule has 0 radical (unpaired) electrons. The van der Waals surface area contributed by atoms with E-state index in [1.54, 1.807) is 30.3 Å². The summed E-state index contributed by atoms with van der Waals surface area (Å²) in [5, 5.41) is 3.02. The van der Waals surface area contributed by atoms with Crippen molar-refractivity contribution in [2.24, 2.45) is 0 Å². The maximum absolute atomic E-state index is 13.9. The molecule has 1 aliphatic rings. The third kappa shape index (κ3) is 5.81. The molecule has 162 valence electrons. The van der Waals surface area contributed by atoms with Crippen molar-refractivity contribution in [3.8, 4) is 11.3 Å². The zero-order valence-corrected chi connectivity index (χ0v) is 17.5. The minimum absolute atomic E-state index is 0.0302. The van der Waals surface area contributed by atoms with Gasteiger partial charge in [0.15, 0.2) is 0 Å². The van der Waals surface area contributed by atoms with E-state index in [4.69, 9.17) is 9.15 Å². The second-order valence-electron chi connectivity index (χ2n) is 7.83. The fourth-order valence-corrected chi connectivity index (χ4v) is 3.85. The van der Waals surface area contributed by atoms with Crippen LogP contribution in [0.1, 0.15) is 23.3 Å². The third-order valence-electron chi connectivity index (χ3n) is 5.63. The number of aryl methyl sites for hydroxylation is 1. The molecule has 1 aliphatic heterocycles. The summed E-state index contributed by atoms with van der Waals surface area (Å²) < 4.78 is 25.1. The number of furan rings is 1. The van der Waals surface area contributed by atoms with E-state index in [0.29, 0.717) is 36.5 Å². The van der Waals surface area contributed by atoms with Gasteiger partial charge >= 0.3 is 0 Å². The van der Waals surface area contributed by atoms with Crippen LogP contribution in [0.4, 0.5) is 4.39 Å². The summed E-state index contributed by atoms with van der Waals surface area (Å²) in [6, 6.07) is 18.3. The summed E-state index contributed by atoms with van der Waals surface area (Å²) in [6.45, 7) is 5.09. The summed E-state index contributed by atoms with van der Waals surface area (Å²) >= 11 is 0. The molecule has 0 spiro atoms. The van der Waals surface area contributed by atoms with Crippen LogP contribution in [0.15, 0.2) is 65.1 Å². The van der Waals surface area contributed by atoms with E-state index in [2.05, 4.69) is 17.4 Å². The summed E-state index contributed by atoms with van der Waals surface area (Å²) in [5.74, 6) is 0.800. The normalized spacial score (nSPS) is 14.5. The number of hydrogen-bond donors (Lipinski definition) is 2. The molecule has 1 saturated heterocycles. The Balaban J connectivity index is 1.28. The number of amides is 1. The highest BCUT2D eigenvalue weighted by atomic mass is 19.1. The van der Waals surface area contributed by atoms with Gasteiger partial charge in [-0.15, -0.1) is 0 Å². The van der Waals surface area contributed by atoms with Gasteiger partial charge in [-0.05, 0) is 29.8 Å². The number of carbonyl (C=O) groups excluding carboxylic acids is 1. The molecular weight excluding hydrogens is 395 g/mol. The number of quaternary nitrogens is 1. The molecule has 0 aliphatic carbocycles. The topological polar surface area (TPSA) is 55.9 Å². The quantitative estimate of drug-likeness (QED) is 0.586. The van der Waals surface area contributed by atoms with Crippen LogP contribution in [-0.4, -0.2) is 32.2 Å². The SMILES string of the molecule is O=C(CCc1ccc(-c2ccccc2F)o1)NCc1ccccc1C[NH+]1CCOCC1. The van der Waals surface area contributed by atoms with Gasteiger partial charge in [-0.2, -0.15) is 0 Å². The smallest absolute Gasteiger partial charge is 0.220 e. The van der Waals surface area contributed by atoms with Gasteiger partial charge in [-0.3, -0.25) is 4.79 Å². The van der Waals surface area contributed by atoms with Crippen molar-refractivity contribution >= 4 is 5.91 Å². The highest BCUT2D eigenvalue weighted by molar-refractivity contribution is 5.76. The fourth-order valence-electron chi connectivity index (χ4n) is 3.85. The van der Waals surface area contributed by atoms with E-state index >= 15 is 0 Å². The molecule has 3 aromatic rings. The molecule has 0 saturated carbocycles. The lowest BCUT2D eigenvalue weighted by Gasteiger charge is -2.24. The number of benzene rings is 2. The van der Waals surface area contributed by atoms with Crippen molar-refractivity contribution < 1.29 is 23.2 Å². The van der Waals surface area contributed by atoms with Gasteiger partial charge in [0, 0.05) is 24.9 Å². The predicted octanol–water partition coefficient (Wildman–Crippen LogP) is 2.75. The first kappa shape index (κ1) is 21.3. The lowest BCUT2D eigenvalue weighted by atomic mass is 10.1. The summed E-state index contributed by atoms with van der Waals surface area (Å²) in [6.07, 6.45) is 0.793. The number of hydrogen-bond acceptors (Lipinski definition) is 3. The molecule has 1 fully saturated rings. The van der Waals surface area contributed by atoms with E-state index in [1.807, 2.05) is 12.1 Å². The number of nitrogens with one attached hydrogen (secondary N) is 2. The highest BCUT2D eigenvalue weighted by Crippen LogP contribution is 2.25. The molecule has 5 nitrogen and oxygen atoms in total. The molecule has 2 N–H and O–H groups in total. The minimum Gasteiger partial charge on any atom is -0.461 e. The van der Waals surface area contributed by atoms with Crippen LogP contribution in [0.25, 0.3) is 11.3 Å². The zero-order chi connectivity index (χ0) is 21.5. The van der Waals surface area contributed by atoms with Crippen molar-refractivity contribution in [1.82, 2.24) is 5.32 Å². The fraction of sp³-hybridized carbons (Fsp3) is 0.320. The summed E-state index contributed by atoms with van der Waals surface area (Å²) in [5.41, 5.74) is 2.84. The van der Waals surface area contributed by atoms with Gasteiger partial charge in [0.05, 0.1) is 18.8 Å². The number of morpholine rings is 1. The molecule has 0 atom stereocenters. The average molecular weight is 424 g/mol. The predicted molar refractivity (Wildman–Crippen MR) is 116 cm³/mol. The van der Waals surface area contributed by atoms with Gasteiger partial charge in [0.2, 0.25) is 5.91 Å². The Kier molecular flexibility index (Phi) is 7.12. The highest BCUT2D eigenvalue weighted by Gasteiger charge is 2.16. The first-order valence-corrected chi connectivity index (χ1v) is 10.8. The lowest BCUT2D eigenvalue weighted by Crippen LogP contribution is -3.12. The molecule has 4 rings (SSSR count). The van der Waals surface area contributed by atoms with Crippen molar-refractivity contribution in [2.75, 3.05) is 26.3 Å². The molecule has 31 heavy (non-hydrogen) atoms. The zero-order valence-electron chi connectivity index (χ0n) is 17.5. The van der Waals surface area contributed by atoms with Crippen LogP contribution in [0.3, 0.4) is 0 Å². The number of carbonyl (C=O) groups is 1. The number of ether oxygens (including phenoxy) is 1. The van der Waals surface area contributed by atoms with Crippen molar-refractivity contribution in [1.29, 1.82) is 0 Å². The first-order chi connectivity index (χ1) is 15.2. The summed E-state index contributed by atoms with van der Waals surface area (Å²) in [7, 11) is 0. The molecule has 1 aromatic heterocycles. The van der Waals surface area contributed by atoms with Crippen molar-refractivity contribution in [2.45, 2.75) is 25.9 Å². The van der Waals surface area contributed by atoms with Crippen molar-refractivity contribution in [3.05, 3.63) is 83.4 Å². The Morgan fingerprint density at radius 1 is 0.968 bits per heavy atom. The number of rotatable bonds is 8. The van der Waals surface area contributed by atoms with E-state index in [1.165, 1.54) is 16.5 Å². The molecule has 6 heteroatoms. The Hall–Kier alpha value is -2.96. The van der Waals surface area contributed by atoms with Gasteiger partial charge in [-0.1, -0.05) is 36.4 Å². The maximum atomic E-state index is 13.9. The average Bonchev–Trinajstić information content (AvgIpc) is 3.27. The van der Waals surface area contributed by atoms with E-state index in [9.17, 15) is 9.18 Å². The molecule has 2 aromatic carbocycles. The lowest BCUT2D eigenvalue weighted by molar-refractivity contribution is -0.921. The standard InChI is InChI=1S/C25H27FN2O3/c26-23-8-4-3-7-22(23)24-11-9-21(31-24)10-12-25(29)27-17-19-5-1-2-6-20(19)18-28-13-15-30-16-14-28/h1-9,11H,10,12-18H2,(H,27,29)/p+1. The van der Waals surface area contributed by atoms with Crippen LogP contribution < -0.4 is 10.2 Å². The monoisotopic (exact) mass is 423 g/mol.